The summed E-state index contributed by atoms with van der Waals surface area (Å²) in [6.07, 6.45) is 2.62. The molecule has 1 atom stereocenters. The highest BCUT2D eigenvalue weighted by Gasteiger charge is 2.26. The van der Waals surface area contributed by atoms with Crippen LogP contribution in [-0.2, 0) is 20.7 Å². The number of carbonyl (C=O) groups is 3. The first-order valence-corrected chi connectivity index (χ1v) is 8.62. The number of piperidine rings is 1. The number of benzene rings is 1. The predicted molar refractivity (Wildman–Crippen MR) is 93.4 cm³/mol. The average Bonchev–Trinajstić information content (AvgIpc) is 3.08. The van der Waals surface area contributed by atoms with Crippen LogP contribution in [-0.4, -0.2) is 62.0 Å². The molecule has 1 aliphatic rings. The number of hydrogen-bond acceptors (Lipinski definition) is 6. The summed E-state index contributed by atoms with van der Waals surface area (Å²) in [5.41, 5.74) is 1.55. The van der Waals surface area contributed by atoms with Crippen LogP contribution < -0.4 is 0 Å². The van der Waals surface area contributed by atoms with Crippen molar-refractivity contribution in [3.8, 4) is 5.69 Å². The molecule has 0 spiro atoms. The van der Waals surface area contributed by atoms with Crippen molar-refractivity contribution in [1.82, 2.24) is 19.9 Å². The van der Waals surface area contributed by atoms with Crippen molar-refractivity contribution < 1.29 is 24.2 Å². The van der Waals surface area contributed by atoms with Crippen molar-refractivity contribution in [1.29, 1.82) is 0 Å². The highest BCUT2D eigenvalue weighted by atomic mass is 16.5. The number of carboxylic acids is 1. The van der Waals surface area contributed by atoms with Gasteiger partial charge in [-0.15, -0.1) is 5.10 Å². The number of ether oxygens (including phenoxy) is 1. The molecule has 9 heteroatoms. The molecule has 2 heterocycles. The van der Waals surface area contributed by atoms with E-state index in [-0.39, 0.29) is 24.4 Å². The van der Waals surface area contributed by atoms with E-state index in [0.29, 0.717) is 30.0 Å². The molecule has 0 saturated carbocycles. The highest BCUT2D eigenvalue weighted by Crippen LogP contribution is 2.17. The number of esters is 1. The number of carboxylic acid groups (broad SMARTS) is 1. The third kappa shape index (κ3) is 4.69. The minimum atomic E-state index is -0.975. The minimum absolute atomic E-state index is 0.122. The average molecular weight is 372 g/mol. The first-order chi connectivity index (χ1) is 12.9. The lowest BCUT2D eigenvalue weighted by Gasteiger charge is -2.32. The van der Waals surface area contributed by atoms with Gasteiger partial charge in [-0.2, -0.15) is 0 Å². The first-order valence-electron chi connectivity index (χ1n) is 8.62. The number of rotatable bonds is 5. The van der Waals surface area contributed by atoms with Gasteiger partial charge in [-0.1, -0.05) is 5.21 Å². The lowest BCUT2D eigenvalue weighted by Crippen LogP contribution is -2.43. The van der Waals surface area contributed by atoms with Crippen LogP contribution in [0.2, 0.25) is 0 Å². The Morgan fingerprint density at radius 2 is 2.00 bits per heavy atom. The zero-order chi connectivity index (χ0) is 19.4. The molecule has 1 aromatic heterocycles. The number of carbonyl (C=O) groups excluding carboxylic acids is 2. The van der Waals surface area contributed by atoms with Gasteiger partial charge in [-0.3, -0.25) is 14.4 Å². The molecule has 1 aromatic carbocycles. The largest absolute Gasteiger partial charge is 0.481 e. The maximum absolute atomic E-state index is 12.7. The van der Waals surface area contributed by atoms with Crippen LogP contribution in [0.1, 0.15) is 35.8 Å². The quantitative estimate of drug-likeness (QED) is 0.781. The van der Waals surface area contributed by atoms with E-state index in [4.69, 9.17) is 9.84 Å². The second-order valence-electron chi connectivity index (χ2n) is 6.40. The van der Waals surface area contributed by atoms with E-state index in [1.54, 1.807) is 35.4 Å². The summed E-state index contributed by atoms with van der Waals surface area (Å²) < 4.78 is 6.68. The van der Waals surface area contributed by atoms with Gasteiger partial charge in [0, 0.05) is 19.0 Å². The second kappa shape index (κ2) is 7.98. The summed E-state index contributed by atoms with van der Waals surface area (Å²) in [7, 11) is 0. The Morgan fingerprint density at radius 1 is 1.26 bits per heavy atom. The van der Waals surface area contributed by atoms with Crippen molar-refractivity contribution in [3.63, 3.8) is 0 Å². The lowest BCUT2D eigenvalue weighted by atomic mass is 10.1. The fraction of sp³-hybridized carbons (Fsp3) is 0.389. The maximum atomic E-state index is 12.7. The van der Waals surface area contributed by atoms with Gasteiger partial charge in [0.25, 0.3) is 5.91 Å². The maximum Gasteiger partial charge on any atom is 0.309 e. The van der Waals surface area contributed by atoms with Crippen LogP contribution in [0.15, 0.2) is 30.5 Å². The van der Waals surface area contributed by atoms with Crippen LogP contribution >= 0.6 is 0 Å². The van der Waals surface area contributed by atoms with Crippen LogP contribution in [0.25, 0.3) is 5.69 Å². The molecule has 1 fully saturated rings. The van der Waals surface area contributed by atoms with Gasteiger partial charge in [-0.25, -0.2) is 4.68 Å². The number of aromatic nitrogens is 3. The lowest BCUT2D eigenvalue weighted by molar-refractivity contribution is -0.148. The summed E-state index contributed by atoms with van der Waals surface area (Å²) in [6.45, 7) is 2.38. The fourth-order valence-corrected chi connectivity index (χ4v) is 3.05. The Kier molecular flexibility index (Phi) is 5.49. The molecule has 9 nitrogen and oxygen atoms in total. The van der Waals surface area contributed by atoms with Gasteiger partial charge in [0.05, 0.1) is 30.5 Å². The Morgan fingerprint density at radius 3 is 2.67 bits per heavy atom. The molecule has 1 saturated heterocycles. The minimum Gasteiger partial charge on any atom is -0.481 e. The van der Waals surface area contributed by atoms with Gasteiger partial charge < -0.3 is 14.7 Å². The van der Waals surface area contributed by atoms with Crippen molar-refractivity contribution in [2.75, 3.05) is 13.1 Å². The van der Waals surface area contributed by atoms with Crippen LogP contribution in [0.3, 0.4) is 0 Å². The summed E-state index contributed by atoms with van der Waals surface area (Å²) in [5, 5.41) is 16.5. The number of nitrogens with zero attached hydrogens (tertiary/aromatic N) is 4. The van der Waals surface area contributed by atoms with E-state index in [2.05, 4.69) is 10.3 Å². The molecule has 1 aliphatic heterocycles. The van der Waals surface area contributed by atoms with Gasteiger partial charge in [0.15, 0.2) is 0 Å². The number of likely N-dealkylation sites (tertiary alicyclic amines) is 1. The van der Waals surface area contributed by atoms with Gasteiger partial charge >= 0.3 is 11.9 Å². The predicted octanol–water partition coefficient (Wildman–Crippen LogP) is 1.06. The first kappa shape index (κ1) is 18.6. The summed E-state index contributed by atoms with van der Waals surface area (Å²) in [5.74, 6) is -1.44. The SMILES string of the molecule is CC(=O)OC1CCCN(C(=O)c2ccc(-n3cc(CC(=O)O)nn3)cc2)C1. The Bertz CT molecular complexity index is 846. The van der Waals surface area contributed by atoms with Crippen molar-refractivity contribution in [3.05, 3.63) is 41.7 Å². The smallest absolute Gasteiger partial charge is 0.309 e. The zero-order valence-electron chi connectivity index (χ0n) is 14.9. The topological polar surface area (TPSA) is 115 Å². The molecular formula is C18H20N4O5. The molecule has 0 bridgehead atoms. The molecule has 1 N–H and O–H groups in total. The van der Waals surface area contributed by atoms with Crippen molar-refractivity contribution in [2.45, 2.75) is 32.3 Å². The molecule has 27 heavy (non-hydrogen) atoms. The fourth-order valence-electron chi connectivity index (χ4n) is 3.05. The van der Waals surface area contributed by atoms with Crippen molar-refractivity contribution in [2.24, 2.45) is 0 Å². The third-order valence-corrected chi connectivity index (χ3v) is 4.25. The standard InChI is InChI=1S/C18H20N4O5/c1-12(23)27-16-3-2-8-21(11-16)18(26)13-4-6-15(7-5-13)22-10-14(19-20-22)9-17(24)25/h4-7,10,16H,2-3,8-9,11H2,1H3,(H,24,25). The molecule has 1 unspecified atom stereocenters. The molecule has 2 aromatic rings. The summed E-state index contributed by atoms with van der Waals surface area (Å²) >= 11 is 0. The summed E-state index contributed by atoms with van der Waals surface area (Å²) in [4.78, 5) is 36.2. The molecule has 3 rings (SSSR count). The number of amides is 1. The van der Waals surface area contributed by atoms with Gasteiger partial charge in [0.2, 0.25) is 0 Å². The monoisotopic (exact) mass is 372 g/mol. The third-order valence-electron chi connectivity index (χ3n) is 4.25. The summed E-state index contributed by atoms with van der Waals surface area (Å²) in [6, 6.07) is 6.82. The molecule has 142 valence electrons. The Labute approximate surface area is 155 Å². The van der Waals surface area contributed by atoms with E-state index in [0.717, 1.165) is 12.8 Å². The van der Waals surface area contributed by atoms with E-state index in [1.807, 2.05) is 0 Å². The van der Waals surface area contributed by atoms with Crippen LogP contribution in [0.5, 0.6) is 0 Å². The van der Waals surface area contributed by atoms with Gasteiger partial charge in [0.1, 0.15) is 6.10 Å². The van der Waals surface area contributed by atoms with Crippen molar-refractivity contribution >= 4 is 17.8 Å². The number of hydrogen-bond donors (Lipinski definition) is 1. The van der Waals surface area contributed by atoms with E-state index in [9.17, 15) is 14.4 Å². The normalized spacial score (nSPS) is 16.8. The Balaban J connectivity index is 1.67. The molecular weight excluding hydrogens is 352 g/mol. The van der Waals surface area contributed by atoms with Gasteiger partial charge in [-0.05, 0) is 37.1 Å². The molecule has 1 amide bonds. The van der Waals surface area contributed by atoms with E-state index in [1.165, 1.54) is 11.6 Å². The second-order valence-corrected chi connectivity index (χ2v) is 6.40. The zero-order valence-corrected chi connectivity index (χ0v) is 14.9. The number of aliphatic carboxylic acids is 1. The van der Waals surface area contributed by atoms with Crippen LogP contribution in [0, 0.1) is 0 Å². The Hall–Kier alpha value is -3.23. The van der Waals surface area contributed by atoms with E-state index < -0.39 is 5.97 Å². The highest BCUT2D eigenvalue weighted by molar-refractivity contribution is 5.94. The molecule has 0 radical (unpaired) electrons. The van der Waals surface area contributed by atoms with Crippen LogP contribution in [0.4, 0.5) is 0 Å². The van der Waals surface area contributed by atoms with E-state index >= 15 is 0 Å². The molecule has 0 aliphatic carbocycles.